The molecule has 1 aromatic rings. The Labute approximate surface area is 84.9 Å². The van der Waals surface area contributed by atoms with Crippen molar-refractivity contribution in [3.63, 3.8) is 0 Å². The van der Waals surface area contributed by atoms with Crippen molar-refractivity contribution in [1.29, 1.82) is 0 Å². The molecule has 0 saturated heterocycles. The predicted octanol–water partition coefficient (Wildman–Crippen LogP) is 2.57. The van der Waals surface area contributed by atoms with Crippen molar-refractivity contribution in [2.24, 2.45) is 0 Å². The fraction of sp³-hybridized carbons (Fsp3) is 0.417. The van der Waals surface area contributed by atoms with Gasteiger partial charge in [0.05, 0.1) is 0 Å². The molecule has 0 saturated carbocycles. The molecule has 0 heterocycles. The van der Waals surface area contributed by atoms with Gasteiger partial charge in [-0.1, -0.05) is 37.3 Å². The van der Waals surface area contributed by atoms with Crippen LogP contribution < -0.4 is 0 Å². The predicted molar refractivity (Wildman–Crippen MR) is 56.0 cm³/mol. The van der Waals surface area contributed by atoms with E-state index in [1.54, 1.807) is 6.92 Å². The van der Waals surface area contributed by atoms with Gasteiger partial charge in [-0.15, -0.1) is 0 Å². The second-order valence-electron chi connectivity index (χ2n) is 3.34. The maximum atomic E-state index is 11.0. The summed E-state index contributed by atoms with van der Waals surface area (Å²) in [5.41, 5.74) is 1.20. The molecule has 2 heteroatoms. The first-order chi connectivity index (χ1) is 6.72. The molecule has 1 unspecified atom stereocenters. The maximum Gasteiger partial charge on any atom is 0.305 e. The lowest BCUT2D eigenvalue weighted by Crippen LogP contribution is -2.16. The smallest absolute Gasteiger partial charge is 0.305 e. The monoisotopic (exact) mass is 192 g/mol. The zero-order valence-corrected chi connectivity index (χ0v) is 8.69. The normalized spacial score (nSPS) is 12.1. The summed E-state index contributed by atoms with van der Waals surface area (Å²) in [5, 5.41) is 0. The lowest BCUT2D eigenvalue weighted by Gasteiger charge is -2.12. The van der Waals surface area contributed by atoms with Crippen molar-refractivity contribution >= 4 is 5.97 Å². The van der Waals surface area contributed by atoms with Crippen LogP contribution >= 0.6 is 0 Å². The molecule has 0 aliphatic rings. The number of esters is 1. The van der Waals surface area contributed by atoms with E-state index in [0.29, 0.717) is 6.42 Å². The Morgan fingerprint density at radius 3 is 2.57 bits per heavy atom. The number of hydrogen-bond acceptors (Lipinski definition) is 2. The van der Waals surface area contributed by atoms with Crippen molar-refractivity contribution in [2.75, 3.05) is 0 Å². The Morgan fingerprint density at radius 2 is 2.00 bits per heavy atom. The molecule has 76 valence electrons. The maximum absolute atomic E-state index is 11.0. The topological polar surface area (TPSA) is 26.3 Å². The van der Waals surface area contributed by atoms with Crippen molar-refractivity contribution in [3.05, 3.63) is 35.9 Å². The number of benzene rings is 1. The number of rotatable bonds is 4. The fourth-order valence-corrected chi connectivity index (χ4v) is 1.30. The summed E-state index contributed by atoms with van der Waals surface area (Å²) in [6, 6.07) is 10.0. The molecular formula is C12H16O2. The van der Waals surface area contributed by atoms with E-state index in [0.717, 1.165) is 6.42 Å². The van der Waals surface area contributed by atoms with Gasteiger partial charge in [-0.25, -0.2) is 0 Å². The van der Waals surface area contributed by atoms with E-state index in [1.165, 1.54) is 5.56 Å². The number of ether oxygens (including phenoxy) is 1. The van der Waals surface area contributed by atoms with Crippen molar-refractivity contribution in [3.8, 4) is 0 Å². The fourth-order valence-electron chi connectivity index (χ4n) is 1.30. The summed E-state index contributed by atoms with van der Waals surface area (Å²) in [6.07, 6.45) is 1.19. The first-order valence-electron chi connectivity index (χ1n) is 4.95. The summed E-state index contributed by atoms with van der Waals surface area (Å²) in [6.45, 7) is 3.72. The van der Waals surface area contributed by atoms with Crippen LogP contribution in [0.5, 0.6) is 0 Å². The number of hydrogen-bond donors (Lipinski definition) is 0. The molecule has 0 radical (unpaired) electrons. The summed E-state index contributed by atoms with van der Waals surface area (Å²) in [4.78, 5) is 11.0. The molecule has 1 rings (SSSR count). The van der Waals surface area contributed by atoms with Crippen LogP contribution in [-0.4, -0.2) is 12.1 Å². The van der Waals surface area contributed by atoms with Crippen molar-refractivity contribution in [1.82, 2.24) is 0 Å². The first kappa shape index (κ1) is 10.8. The van der Waals surface area contributed by atoms with Gasteiger partial charge in [0.1, 0.15) is 6.10 Å². The van der Waals surface area contributed by atoms with Crippen LogP contribution in [0.15, 0.2) is 30.3 Å². The van der Waals surface area contributed by atoms with E-state index in [4.69, 9.17) is 4.74 Å². The van der Waals surface area contributed by atoms with Crippen molar-refractivity contribution < 1.29 is 9.53 Å². The van der Waals surface area contributed by atoms with Gasteiger partial charge in [0.15, 0.2) is 0 Å². The van der Waals surface area contributed by atoms with E-state index in [2.05, 4.69) is 0 Å². The van der Waals surface area contributed by atoms with Gasteiger partial charge < -0.3 is 4.74 Å². The van der Waals surface area contributed by atoms with Crippen LogP contribution in [0.3, 0.4) is 0 Å². The molecule has 2 nitrogen and oxygen atoms in total. The molecule has 0 aromatic heterocycles. The standard InChI is InChI=1S/C12H16O2/c1-3-12(13)14-10(2)9-11-7-5-4-6-8-11/h4-8,10H,3,9H2,1-2H3. The molecule has 0 fully saturated rings. The minimum Gasteiger partial charge on any atom is -0.462 e. The van der Waals surface area contributed by atoms with Crippen LogP contribution in [-0.2, 0) is 16.0 Å². The summed E-state index contributed by atoms with van der Waals surface area (Å²) < 4.78 is 5.16. The highest BCUT2D eigenvalue weighted by atomic mass is 16.5. The Bertz CT molecular complexity index is 280. The Kier molecular flexibility index (Phi) is 4.17. The lowest BCUT2D eigenvalue weighted by atomic mass is 10.1. The molecule has 1 aromatic carbocycles. The minimum atomic E-state index is -0.131. The Morgan fingerprint density at radius 1 is 1.36 bits per heavy atom. The highest BCUT2D eigenvalue weighted by Gasteiger charge is 2.07. The van der Waals surface area contributed by atoms with E-state index < -0.39 is 0 Å². The Hall–Kier alpha value is -1.31. The average molecular weight is 192 g/mol. The van der Waals surface area contributed by atoms with Gasteiger partial charge >= 0.3 is 5.97 Å². The van der Waals surface area contributed by atoms with Gasteiger partial charge in [0.2, 0.25) is 0 Å². The molecule has 1 atom stereocenters. The summed E-state index contributed by atoms with van der Waals surface area (Å²) >= 11 is 0. The summed E-state index contributed by atoms with van der Waals surface area (Å²) in [5.74, 6) is -0.131. The van der Waals surface area contributed by atoms with E-state index in [-0.39, 0.29) is 12.1 Å². The van der Waals surface area contributed by atoms with Gasteiger partial charge in [-0.3, -0.25) is 4.79 Å². The third-order valence-electron chi connectivity index (χ3n) is 1.99. The average Bonchev–Trinajstić information content (AvgIpc) is 2.19. The van der Waals surface area contributed by atoms with E-state index in [9.17, 15) is 4.79 Å². The minimum absolute atomic E-state index is 0.0372. The van der Waals surface area contributed by atoms with Crippen LogP contribution in [0.25, 0.3) is 0 Å². The number of carbonyl (C=O) groups excluding carboxylic acids is 1. The van der Waals surface area contributed by atoms with E-state index >= 15 is 0 Å². The quantitative estimate of drug-likeness (QED) is 0.685. The second kappa shape index (κ2) is 5.43. The number of carbonyl (C=O) groups is 1. The van der Waals surface area contributed by atoms with Gasteiger partial charge in [-0.2, -0.15) is 0 Å². The molecule has 0 bridgehead atoms. The highest BCUT2D eigenvalue weighted by molar-refractivity contribution is 5.69. The second-order valence-corrected chi connectivity index (χ2v) is 3.34. The summed E-state index contributed by atoms with van der Waals surface area (Å²) in [7, 11) is 0. The third kappa shape index (κ3) is 3.60. The SMILES string of the molecule is CCC(=O)OC(C)Cc1ccccc1. The highest BCUT2D eigenvalue weighted by Crippen LogP contribution is 2.06. The largest absolute Gasteiger partial charge is 0.462 e. The van der Waals surface area contributed by atoms with Crippen molar-refractivity contribution in [2.45, 2.75) is 32.8 Å². The van der Waals surface area contributed by atoms with Crippen LogP contribution in [0.1, 0.15) is 25.8 Å². The molecule has 0 aliphatic carbocycles. The molecule has 0 N–H and O–H groups in total. The molecule has 0 aliphatic heterocycles. The lowest BCUT2D eigenvalue weighted by molar-refractivity contribution is -0.147. The first-order valence-corrected chi connectivity index (χ1v) is 4.95. The van der Waals surface area contributed by atoms with Gasteiger partial charge in [0.25, 0.3) is 0 Å². The van der Waals surface area contributed by atoms with Gasteiger partial charge in [-0.05, 0) is 12.5 Å². The van der Waals surface area contributed by atoms with Crippen LogP contribution in [0.4, 0.5) is 0 Å². The van der Waals surface area contributed by atoms with Gasteiger partial charge in [0, 0.05) is 12.8 Å². The Balaban J connectivity index is 2.41. The molecular weight excluding hydrogens is 176 g/mol. The molecule has 0 amide bonds. The zero-order valence-electron chi connectivity index (χ0n) is 8.69. The van der Waals surface area contributed by atoms with E-state index in [1.807, 2.05) is 37.3 Å². The third-order valence-corrected chi connectivity index (χ3v) is 1.99. The van der Waals surface area contributed by atoms with Crippen LogP contribution in [0, 0.1) is 0 Å². The molecule has 0 spiro atoms. The molecule has 14 heavy (non-hydrogen) atoms. The van der Waals surface area contributed by atoms with Crippen LogP contribution in [0.2, 0.25) is 0 Å². The zero-order chi connectivity index (χ0) is 10.4.